The highest BCUT2D eigenvalue weighted by Crippen LogP contribution is 2.39. The van der Waals surface area contributed by atoms with Gasteiger partial charge < -0.3 is 4.57 Å². The van der Waals surface area contributed by atoms with Crippen molar-refractivity contribution in [3.8, 4) is 0 Å². The molecule has 0 bridgehead atoms. The predicted octanol–water partition coefficient (Wildman–Crippen LogP) is 2.46. The van der Waals surface area contributed by atoms with Crippen LogP contribution in [0.4, 0.5) is 5.69 Å². The van der Waals surface area contributed by atoms with E-state index in [9.17, 15) is 14.7 Å². The maximum Gasteiger partial charge on any atom is 0.283 e. The second-order valence-electron chi connectivity index (χ2n) is 3.98. The standard InChI is InChI=1S/C10H14NO3P/c1-7-5-6-9(15(3,4)14)10(8(7)2)11(12)13/h5-6H,1-4H3. The lowest BCUT2D eigenvalue weighted by Gasteiger charge is -2.10. The topological polar surface area (TPSA) is 60.2 Å². The zero-order valence-corrected chi connectivity index (χ0v) is 10.2. The van der Waals surface area contributed by atoms with Crippen molar-refractivity contribution in [1.82, 2.24) is 0 Å². The molecule has 0 heterocycles. The van der Waals surface area contributed by atoms with E-state index in [0.29, 0.717) is 10.9 Å². The molecule has 1 rings (SSSR count). The van der Waals surface area contributed by atoms with Crippen LogP contribution in [0.1, 0.15) is 11.1 Å². The fraction of sp³-hybridized carbons (Fsp3) is 0.400. The highest BCUT2D eigenvalue weighted by atomic mass is 31.2. The van der Waals surface area contributed by atoms with Gasteiger partial charge in [-0.15, -0.1) is 0 Å². The summed E-state index contributed by atoms with van der Waals surface area (Å²) < 4.78 is 11.9. The number of rotatable bonds is 2. The first-order chi connectivity index (χ1) is 6.75. The monoisotopic (exact) mass is 227 g/mol. The second-order valence-corrected chi connectivity index (χ2v) is 7.17. The number of nitro groups is 1. The Morgan fingerprint density at radius 2 is 1.80 bits per heavy atom. The van der Waals surface area contributed by atoms with Crippen molar-refractivity contribution in [3.63, 3.8) is 0 Å². The van der Waals surface area contributed by atoms with Crippen molar-refractivity contribution < 1.29 is 9.49 Å². The summed E-state index contributed by atoms with van der Waals surface area (Å²) in [4.78, 5) is 10.5. The third-order valence-electron chi connectivity index (χ3n) is 2.44. The Morgan fingerprint density at radius 1 is 1.27 bits per heavy atom. The van der Waals surface area contributed by atoms with E-state index in [1.165, 1.54) is 0 Å². The number of benzene rings is 1. The molecule has 0 unspecified atom stereocenters. The Morgan fingerprint density at radius 3 is 2.20 bits per heavy atom. The molecule has 0 radical (unpaired) electrons. The number of hydrogen-bond donors (Lipinski definition) is 0. The zero-order chi connectivity index (χ0) is 11.8. The lowest BCUT2D eigenvalue weighted by molar-refractivity contribution is -0.384. The van der Waals surface area contributed by atoms with E-state index < -0.39 is 12.1 Å². The summed E-state index contributed by atoms with van der Waals surface area (Å²) in [5, 5.41) is 11.3. The minimum Gasteiger partial charge on any atom is -0.319 e. The van der Waals surface area contributed by atoms with E-state index in [1.54, 1.807) is 32.4 Å². The van der Waals surface area contributed by atoms with Gasteiger partial charge in [-0.3, -0.25) is 10.1 Å². The second kappa shape index (κ2) is 3.78. The smallest absolute Gasteiger partial charge is 0.283 e. The van der Waals surface area contributed by atoms with E-state index in [-0.39, 0.29) is 5.69 Å². The van der Waals surface area contributed by atoms with Gasteiger partial charge in [-0.25, -0.2) is 0 Å². The lowest BCUT2D eigenvalue weighted by atomic mass is 10.1. The van der Waals surface area contributed by atoms with E-state index in [1.807, 2.05) is 6.92 Å². The Balaban J connectivity index is 3.62. The lowest BCUT2D eigenvalue weighted by Crippen LogP contribution is -2.12. The van der Waals surface area contributed by atoms with E-state index in [0.717, 1.165) is 5.56 Å². The molecule has 0 fully saturated rings. The molecule has 0 saturated heterocycles. The van der Waals surface area contributed by atoms with Crippen LogP contribution in [0.25, 0.3) is 0 Å². The van der Waals surface area contributed by atoms with Gasteiger partial charge >= 0.3 is 0 Å². The molecule has 0 spiro atoms. The van der Waals surface area contributed by atoms with Gasteiger partial charge in [0, 0.05) is 5.56 Å². The molecule has 0 aliphatic carbocycles. The maximum absolute atomic E-state index is 11.9. The highest BCUT2D eigenvalue weighted by Gasteiger charge is 2.26. The minimum atomic E-state index is -2.60. The first-order valence-electron chi connectivity index (χ1n) is 4.55. The van der Waals surface area contributed by atoms with Crippen LogP contribution in [0.5, 0.6) is 0 Å². The Kier molecular flexibility index (Phi) is 3.00. The molecule has 1 aromatic rings. The largest absolute Gasteiger partial charge is 0.319 e. The van der Waals surface area contributed by atoms with Crippen molar-refractivity contribution in [2.24, 2.45) is 0 Å². The summed E-state index contributed by atoms with van der Waals surface area (Å²) in [5.74, 6) is 0. The van der Waals surface area contributed by atoms with Crippen LogP contribution in [0.2, 0.25) is 0 Å². The Bertz CT molecular complexity index is 462. The molecule has 1 aromatic carbocycles. The molecule has 4 nitrogen and oxygen atoms in total. The van der Waals surface area contributed by atoms with E-state index in [2.05, 4.69) is 0 Å². The quantitative estimate of drug-likeness (QED) is 0.443. The SMILES string of the molecule is Cc1ccc(P(C)(C)=O)c([N+](=O)[O-])c1C. The normalized spacial score (nSPS) is 11.5. The molecule has 0 N–H and O–H groups in total. The minimum absolute atomic E-state index is 0.00309. The number of nitro benzene ring substituents is 1. The van der Waals surface area contributed by atoms with Crippen LogP contribution in [0, 0.1) is 24.0 Å². The Hall–Kier alpha value is -1.15. The molecule has 0 saturated carbocycles. The van der Waals surface area contributed by atoms with Crippen molar-refractivity contribution in [1.29, 1.82) is 0 Å². The maximum atomic E-state index is 11.9. The van der Waals surface area contributed by atoms with Crippen LogP contribution in [0.3, 0.4) is 0 Å². The van der Waals surface area contributed by atoms with Crippen LogP contribution in [0.15, 0.2) is 12.1 Å². The fourth-order valence-electron chi connectivity index (χ4n) is 1.45. The third kappa shape index (κ3) is 2.26. The van der Waals surface area contributed by atoms with E-state index >= 15 is 0 Å². The highest BCUT2D eigenvalue weighted by molar-refractivity contribution is 7.70. The summed E-state index contributed by atoms with van der Waals surface area (Å²) in [5.41, 5.74) is 1.45. The summed E-state index contributed by atoms with van der Waals surface area (Å²) in [6.07, 6.45) is 0. The first-order valence-corrected chi connectivity index (χ1v) is 7.15. The summed E-state index contributed by atoms with van der Waals surface area (Å²) >= 11 is 0. The van der Waals surface area contributed by atoms with Crippen molar-refractivity contribution in [2.75, 3.05) is 13.3 Å². The molecule has 82 valence electrons. The molecule has 0 amide bonds. The average Bonchev–Trinajstić information content (AvgIpc) is 2.06. The molecule has 0 atom stereocenters. The summed E-state index contributed by atoms with van der Waals surface area (Å²) in [7, 11) is -2.60. The predicted molar refractivity (Wildman–Crippen MR) is 61.7 cm³/mol. The first kappa shape index (κ1) is 11.9. The number of aryl methyl sites for hydroxylation is 1. The molecule has 5 heteroatoms. The summed E-state index contributed by atoms with van der Waals surface area (Å²) in [6.45, 7) is 6.59. The van der Waals surface area contributed by atoms with Gasteiger partial charge in [0.1, 0.15) is 7.14 Å². The fourth-order valence-corrected chi connectivity index (χ4v) is 2.64. The Labute approximate surface area is 88.8 Å². The third-order valence-corrected chi connectivity index (χ3v) is 3.96. The van der Waals surface area contributed by atoms with Gasteiger partial charge in [0.2, 0.25) is 0 Å². The van der Waals surface area contributed by atoms with E-state index in [4.69, 9.17) is 0 Å². The van der Waals surface area contributed by atoms with Crippen LogP contribution in [-0.2, 0) is 4.57 Å². The van der Waals surface area contributed by atoms with Gasteiger partial charge in [-0.2, -0.15) is 0 Å². The van der Waals surface area contributed by atoms with Gasteiger partial charge in [0.25, 0.3) is 5.69 Å². The van der Waals surface area contributed by atoms with Crippen molar-refractivity contribution >= 4 is 18.1 Å². The van der Waals surface area contributed by atoms with Crippen molar-refractivity contribution in [3.05, 3.63) is 33.4 Å². The van der Waals surface area contributed by atoms with Gasteiger partial charge in [-0.05, 0) is 38.8 Å². The van der Waals surface area contributed by atoms with Gasteiger partial charge in [0.05, 0.1) is 10.2 Å². The molecule has 0 aliphatic rings. The molecule has 0 aromatic heterocycles. The van der Waals surface area contributed by atoms with Gasteiger partial charge in [-0.1, -0.05) is 6.07 Å². The van der Waals surface area contributed by atoms with Crippen LogP contribution >= 0.6 is 7.14 Å². The molecular formula is C10H14NO3P. The van der Waals surface area contributed by atoms with Gasteiger partial charge in [0.15, 0.2) is 0 Å². The molecule has 15 heavy (non-hydrogen) atoms. The zero-order valence-electron chi connectivity index (χ0n) is 9.27. The van der Waals surface area contributed by atoms with Crippen LogP contribution < -0.4 is 5.30 Å². The summed E-state index contributed by atoms with van der Waals surface area (Å²) in [6, 6.07) is 3.37. The molecule has 0 aliphatic heterocycles. The van der Waals surface area contributed by atoms with Crippen LogP contribution in [-0.4, -0.2) is 18.3 Å². The van der Waals surface area contributed by atoms with Crippen molar-refractivity contribution in [2.45, 2.75) is 13.8 Å². The average molecular weight is 227 g/mol. The molecular weight excluding hydrogens is 213 g/mol. The number of hydrogen-bond acceptors (Lipinski definition) is 3. The number of nitrogens with zero attached hydrogens (tertiary/aromatic N) is 1.